The number of carbonyl (C=O) groups excluding carboxylic acids is 1. The summed E-state index contributed by atoms with van der Waals surface area (Å²) in [5.74, 6) is 7.56. The molecule has 0 spiro atoms. The summed E-state index contributed by atoms with van der Waals surface area (Å²) in [5, 5.41) is 0. The summed E-state index contributed by atoms with van der Waals surface area (Å²) < 4.78 is 0. The molecule has 0 amide bonds. The van der Waals surface area contributed by atoms with Crippen molar-refractivity contribution >= 4 is 5.78 Å². The molecule has 0 N–H and O–H groups in total. The molecule has 2 fully saturated rings. The Balaban J connectivity index is 1.72. The van der Waals surface area contributed by atoms with Gasteiger partial charge in [-0.3, -0.25) is 4.79 Å². The quantitative estimate of drug-likeness (QED) is 0.104. The van der Waals surface area contributed by atoms with Crippen molar-refractivity contribution in [1.82, 2.24) is 0 Å². The van der Waals surface area contributed by atoms with Crippen LogP contribution in [0.2, 0.25) is 0 Å². The Kier molecular flexibility index (Phi) is 18.2. The third kappa shape index (κ3) is 12.4. The number of hydrogen-bond donors (Lipinski definition) is 0. The maximum atomic E-state index is 14.2. The van der Waals surface area contributed by atoms with Crippen LogP contribution >= 0.6 is 0 Å². The number of hydrogen-bond acceptors (Lipinski definition) is 1. The van der Waals surface area contributed by atoms with Gasteiger partial charge in [-0.15, -0.1) is 0 Å². The number of rotatable bonds is 22. The Labute approximate surface area is 306 Å². The summed E-state index contributed by atoms with van der Waals surface area (Å²) in [6.07, 6.45) is 29.1. The molecule has 0 radical (unpaired) electrons. The fourth-order valence-electron chi connectivity index (χ4n) is 10.8. The van der Waals surface area contributed by atoms with E-state index in [-0.39, 0.29) is 5.92 Å². The van der Waals surface area contributed by atoms with Crippen LogP contribution in [0.3, 0.4) is 0 Å². The standard InChI is InChI=1S/C48H82O/c1-12-14-26-44(33(3)4)37(8)35(6)29-34(5)36(7)38(9)45(21-13-2)39(10)40(11)46-30-43(28-27-41-22-17-15-18-23-41)31-47(46)48(49)32-42-24-19-16-20-25-42/h15,17,22,33-35,37,39-40,42-47H,7,9,12-14,16,18-21,23-32H2,1-6,8,10-11H3/t34?,35-,37?,39?,40?,43+,44?,45?,46?,47?/m0/s1. The third-order valence-electron chi connectivity index (χ3n) is 14.6. The zero-order valence-corrected chi connectivity index (χ0v) is 34.2. The smallest absolute Gasteiger partial charge is 0.136 e. The van der Waals surface area contributed by atoms with Gasteiger partial charge in [0, 0.05) is 12.3 Å². The summed E-state index contributed by atoms with van der Waals surface area (Å²) >= 11 is 0. The molecule has 3 aliphatic rings. The highest BCUT2D eigenvalue weighted by Gasteiger charge is 2.44. The maximum Gasteiger partial charge on any atom is 0.136 e. The summed E-state index contributed by atoms with van der Waals surface area (Å²) in [5.41, 5.74) is 4.24. The van der Waals surface area contributed by atoms with E-state index in [1.54, 1.807) is 5.57 Å². The molecule has 2 saturated carbocycles. The van der Waals surface area contributed by atoms with Gasteiger partial charge in [0.25, 0.3) is 0 Å². The fraction of sp³-hybridized carbons (Fsp3) is 0.812. The van der Waals surface area contributed by atoms with E-state index >= 15 is 0 Å². The highest BCUT2D eigenvalue weighted by molar-refractivity contribution is 5.82. The lowest BCUT2D eigenvalue weighted by Gasteiger charge is -2.38. The Hall–Kier alpha value is -1.37. The van der Waals surface area contributed by atoms with Gasteiger partial charge in [-0.2, -0.15) is 0 Å². The van der Waals surface area contributed by atoms with Crippen molar-refractivity contribution in [1.29, 1.82) is 0 Å². The molecule has 49 heavy (non-hydrogen) atoms. The van der Waals surface area contributed by atoms with Gasteiger partial charge in [-0.05, 0) is 134 Å². The van der Waals surface area contributed by atoms with Crippen LogP contribution in [-0.4, -0.2) is 5.78 Å². The predicted octanol–water partition coefficient (Wildman–Crippen LogP) is 14.8. The Bertz CT molecular complexity index is 1070. The third-order valence-corrected chi connectivity index (χ3v) is 14.6. The Morgan fingerprint density at radius 2 is 1.57 bits per heavy atom. The Morgan fingerprint density at radius 1 is 0.857 bits per heavy atom. The molecule has 0 heterocycles. The van der Waals surface area contributed by atoms with Gasteiger partial charge < -0.3 is 0 Å². The van der Waals surface area contributed by atoms with Crippen LogP contribution in [-0.2, 0) is 4.79 Å². The van der Waals surface area contributed by atoms with Crippen LogP contribution in [0.4, 0.5) is 0 Å². The molecular weight excluding hydrogens is 593 g/mol. The average molecular weight is 675 g/mol. The van der Waals surface area contributed by atoms with Gasteiger partial charge in [0.2, 0.25) is 0 Å². The molecule has 0 aliphatic heterocycles. The minimum Gasteiger partial charge on any atom is -0.299 e. The fourth-order valence-corrected chi connectivity index (χ4v) is 10.8. The zero-order valence-electron chi connectivity index (χ0n) is 34.2. The first-order chi connectivity index (χ1) is 23.4. The molecule has 0 aromatic carbocycles. The molecule has 10 atom stereocenters. The molecule has 3 rings (SSSR count). The van der Waals surface area contributed by atoms with Crippen LogP contribution in [0.15, 0.2) is 48.1 Å². The predicted molar refractivity (Wildman–Crippen MR) is 217 cm³/mol. The van der Waals surface area contributed by atoms with E-state index in [1.807, 2.05) is 0 Å². The van der Waals surface area contributed by atoms with E-state index in [4.69, 9.17) is 13.2 Å². The van der Waals surface area contributed by atoms with E-state index in [9.17, 15) is 4.79 Å². The molecule has 1 heteroatoms. The molecule has 8 unspecified atom stereocenters. The van der Waals surface area contributed by atoms with Crippen LogP contribution in [0.25, 0.3) is 0 Å². The van der Waals surface area contributed by atoms with Crippen molar-refractivity contribution in [2.45, 2.75) is 178 Å². The van der Waals surface area contributed by atoms with Crippen LogP contribution in [0.1, 0.15) is 178 Å². The number of unbranched alkanes of at least 4 members (excludes halogenated alkanes) is 1. The molecule has 0 bridgehead atoms. The molecule has 0 aromatic heterocycles. The van der Waals surface area contributed by atoms with Gasteiger partial charge in [0.1, 0.15) is 5.78 Å². The van der Waals surface area contributed by atoms with Crippen molar-refractivity contribution < 1.29 is 4.79 Å². The van der Waals surface area contributed by atoms with E-state index in [2.05, 4.69) is 80.5 Å². The summed E-state index contributed by atoms with van der Waals surface area (Å²) in [7, 11) is 0. The summed E-state index contributed by atoms with van der Waals surface area (Å²) in [6, 6.07) is 0. The molecular formula is C48H82O. The van der Waals surface area contributed by atoms with Gasteiger partial charge in [-0.25, -0.2) is 0 Å². The highest BCUT2D eigenvalue weighted by atomic mass is 16.1. The molecule has 3 aliphatic carbocycles. The van der Waals surface area contributed by atoms with Crippen molar-refractivity contribution in [3.8, 4) is 0 Å². The van der Waals surface area contributed by atoms with Crippen LogP contribution in [0, 0.1) is 71.0 Å². The highest BCUT2D eigenvalue weighted by Crippen LogP contribution is 2.49. The first kappa shape index (κ1) is 42.0. The largest absolute Gasteiger partial charge is 0.299 e. The number of Topliss-reactive ketones (excluding diaryl/α,β-unsaturated/α-hetero) is 1. The Morgan fingerprint density at radius 3 is 2.18 bits per heavy atom. The number of allylic oxidation sites excluding steroid dienone is 6. The second-order valence-corrected chi connectivity index (χ2v) is 18.3. The van der Waals surface area contributed by atoms with E-state index < -0.39 is 0 Å². The summed E-state index contributed by atoms with van der Waals surface area (Å²) in [4.78, 5) is 14.2. The van der Waals surface area contributed by atoms with Crippen molar-refractivity contribution in [2.75, 3.05) is 0 Å². The second-order valence-electron chi connectivity index (χ2n) is 18.3. The normalized spacial score (nSPS) is 26.1. The maximum absolute atomic E-state index is 14.2. The van der Waals surface area contributed by atoms with Gasteiger partial charge in [0.15, 0.2) is 0 Å². The van der Waals surface area contributed by atoms with Crippen LogP contribution < -0.4 is 0 Å². The van der Waals surface area contributed by atoms with Gasteiger partial charge >= 0.3 is 0 Å². The summed E-state index contributed by atoms with van der Waals surface area (Å²) in [6.45, 7) is 31.6. The van der Waals surface area contributed by atoms with Gasteiger partial charge in [0.05, 0.1) is 0 Å². The number of carbonyl (C=O) groups is 1. The SMILES string of the molecule is C=C(C(=C)C(CCC)C(C)C(C)C1C[C@@H](CCC2=CC=CCC2)CC1C(=O)CC1CCCCC1)C(C)C[C@H](C)C(C)C(CCCC)C(C)C. The topological polar surface area (TPSA) is 17.1 Å². The number of ketones is 1. The lowest BCUT2D eigenvalue weighted by atomic mass is 9.67. The lowest BCUT2D eigenvalue weighted by molar-refractivity contribution is -0.126. The molecule has 1 nitrogen and oxygen atoms in total. The minimum atomic E-state index is 0.256. The average Bonchev–Trinajstić information content (AvgIpc) is 3.53. The first-order valence-corrected chi connectivity index (χ1v) is 21.6. The van der Waals surface area contributed by atoms with E-state index in [0.29, 0.717) is 53.1 Å². The molecule has 280 valence electrons. The van der Waals surface area contributed by atoms with Crippen molar-refractivity contribution in [3.63, 3.8) is 0 Å². The van der Waals surface area contributed by atoms with Crippen molar-refractivity contribution in [2.24, 2.45) is 71.0 Å². The molecule has 0 aromatic rings. The van der Waals surface area contributed by atoms with E-state index in [0.717, 1.165) is 30.6 Å². The van der Waals surface area contributed by atoms with Crippen molar-refractivity contribution in [3.05, 3.63) is 48.1 Å². The zero-order chi connectivity index (χ0) is 36.1. The van der Waals surface area contributed by atoms with Gasteiger partial charge in [-0.1, -0.05) is 151 Å². The second kappa shape index (κ2) is 21.2. The van der Waals surface area contributed by atoms with Crippen LogP contribution in [0.5, 0.6) is 0 Å². The monoisotopic (exact) mass is 675 g/mol. The lowest BCUT2D eigenvalue weighted by Crippen LogP contribution is -2.32. The minimum absolute atomic E-state index is 0.256. The first-order valence-electron chi connectivity index (χ1n) is 21.6. The molecule has 0 saturated heterocycles. The van der Waals surface area contributed by atoms with E-state index in [1.165, 1.54) is 114 Å².